The second-order valence-electron chi connectivity index (χ2n) is 7.23. The van der Waals surface area contributed by atoms with Gasteiger partial charge in [-0.05, 0) is 42.0 Å². The monoisotopic (exact) mass is 473 g/mol. The van der Waals surface area contributed by atoms with Crippen molar-refractivity contribution >= 4 is 34.3 Å². The summed E-state index contributed by atoms with van der Waals surface area (Å²) >= 11 is 6.95. The molecule has 0 radical (unpaired) electrons. The first kappa shape index (κ1) is 21.1. The Kier molecular flexibility index (Phi) is 5.54. The summed E-state index contributed by atoms with van der Waals surface area (Å²) in [7, 11) is 0. The number of benzene rings is 3. The summed E-state index contributed by atoms with van der Waals surface area (Å²) in [6.07, 6.45) is 0. The fourth-order valence-corrected chi connectivity index (χ4v) is 4.57. The van der Waals surface area contributed by atoms with Gasteiger partial charge in [0.25, 0.3) is 5.56 Å². The van der Waals surface area contributed by atoms with Crippen LogP contribution in [0.15, 0.2) is 115 Å². The van der Waals surface area contributed by atoms with E-state index in [2.05, 4.69) is 0 Å². The second-order valence-corrected chi connectivity index (χ2v) is 8.75. The van der Waals surface area contributed by atoms with Crippen LogP contribution in [0.4, 0.5) is 0 Å². The quantitative estimate of drug-likeness (QED) is 0.340. The Labute approximate surface area is 197 Å². The van der Waals surface area contributed by atoms with E-state index in [0.29, 0.717) is 21.3 Å². The van der Waals surface area contributed by atoms with E-state index in [1.54, 1.807) is 42.5 Å². The first-order chi connectivity index (χ1) is 16.0. The normalized spacial score (nSPS) is 11.1. The predicted octanol–water partition coefficient (Wildman–Crippen LogP) is 6.12. The van der Waals surface area contributed by atoms with Crippen LogP contribution < -0.4 is 11.2 Å². The smallest absolute Gasteiger partial charge is 0.354 e. The SMILES string of the molecule is O=c1oc2cc(-c3ccccc3)n(-c3ccccc3)c(=O)c2c(O)c1Sc1ccc(Cl)cc1. The molecular formula is C26H16ClNO4S. The van der Waals surface area contributed by atoms with Gasteiger partial charge in [-0.25, -0.2) is 4.79 Å². The van der Waals surface area contributed by atoms with Crippen molar-refractivity contribution in [2.45, 2.75) is 9.79 Å². The fraction of sp³-hybridized carbons (Fsp3) is 0. The lowest BCUT2D eigenvalue weighted by molar-refractivity contribution is 0.446. The molecular weight excluding hydrogens is 458 g/mol. The topological polar surface area (TPSA) is 72.4 Å². The van der Waals surface area contributed by atoms with E-state index in [1.807, 2.05) is 48.5 Å². The van der Waals surface area contributed by atoms with Crippen molar-refractivity contribution in [2.24, 2.45) is 0 Å². The van der Waals surface area contributed by atoms with Crippen molar-refractivity contribution in [3.8, 4) is 22.7 Å². The molecule has 1 N–H and O–H groups in total. The third-order valence-electron chi connectivity index (χ3n) is 5.13. The molecule has 5 rings (SSSR count). The Morgan fingerprint density at radius 2 is 1.48 bits per heavy atom. The van der Waals surface area contributed by atoms with Crippen LogP contribution in [0.1, 0.15) is 0 Å². The number of fused-ring (bicyclic) bond motifs is 1. The largest absolute Gasteiger partial charge is 0.505 e. The van der Waals surface area contributed by atoms with Crippen LogP contribution in [-0.4, -0.2) is 9.67 Å². The summed E-state index contributed by atoms with van der Waals surface area (Å²) in [5, 5.41) is 11.5. The Hall–Kier alpha value is -3.74. The van der Waals surface area contributed by atoms with Gasteiger partial charge in [-0.3, -0.25) is 9.36 Å². The number of halogens is 1. The Bertz CT molecular complexity index is 1580. The van der Waals surface area contributed by atoms with Crippen molar-refractivity contribution in [2.75, 3.05) is 0 Å². The minimum Gasteiger partial charge on any atom is -0.505 e. The molecule has 0 amide bonds. The molecule has 2 aromatic heterocycles. The summed E-state index contributed by atoms with van der Waals surface area (Å²) in [5.74, 6) is -0.407. The minimum atomic E-state index is -0.726. The molecule has 33 heavy (non-hydrogen) atoms. The van der Waals surface area contributed by atoms with E-state index in [-0.39, 0.29) is 15.9 Å². The van der Waals surface area contributed by atoms with Gasteiger partial charge in [0, 0.05) is 21.7 Å². The maximum absolute atomic E-state index is 13.7. The Morgan fingerprint density at radius 3 is 2.15 bits per heavy atom. The summed E-state index contributed by atoms with van der Waals surface area (Å²) in [6.45, 7) is 0. The molecule has 0 fully saturated rings. The van der Waals surface area contributed by atoms with Crippen LogP contribution in [0.25, 0.3) is 27.9 Å². The number of para-hydroxylation sites is 1. The molecule has 5 aromatic rings. The van der Waals surface area contributed by atoms with Gasteiger partial charge in [0.15, 0.2) is 5.75 Å². The van der Waals surface area contributed by atoms with Gasteiger partial charge in [-0.15, -0.1) is 0 Å². The van der Waals surface area contributed by atoms with E-state index in [4.69, 9.17) is 16.0 Å². The van der Waals surface area contributed by atoms with Crippen molar-refractivity contribution in [3.63, 3.8) is 0 Å². The van der Waals surface area contributed by atoms with Crippen LogP contribution in [0, 0.1) is 0 Å². The maximum Gasteiger partial charge on any atom is 0.354 e. The van der Waals surface area contributed by atoms with Crippen molar-refractivity contribution in [3.05, 3.63) is 117 Å². The maximum atomic E-state index is 13.7. The average Bonchev–Trinajstić information content (AvgIpc) is 2.83. The van der Waals surface area contributed by atoms with Crippen molar-refractivity contribution < 1.29 is 9.52 Å². The highest BCUT2D eigenvalue weighted by atomic mass is 35.5. The van der Waals surface area contributed by atoms with E-state index in [1.165, 1.54) is 4.57 Å². The number of rotatable bonds is 4. The first-order valence-corrected chi connectivity index (χ1v) is 11.2. The molecule has 2 heterocycles. The lowest BCUT2D eigenvalue weighted by Gasteiger charge is -2.15. The molecule has 0 unspecified atom stereocenters. The van der Waals surface area contributed by atoms with E-state index >= 15 is 0 Å². The highest BCUT2D eigenvalue weighted by Crippen LogP contribution is 2.37. The molecule has 0 saturated heterocycles. The van der Waals surface area contributed by atoms with E-state index < -0.39 is 16.9 Å². The van der Waals surface area contributed by atoms with E-state index in [9.17, 15) is 14.7 Å². The van der Waals surface area contributed by atoms with Crippen LogP contribution >= 0.6 is 23.4 Å². The number of pyridine rings is 1. The minimum absolute atomic E-state index is 0.0222. The molecule has 0 bridgehead atoms. The lowest BCUT2D eigenvalue weighted by atomic mass is 10.1. The van der Waals surface area contributed by atoms with Crippen molar-refractivity contribution in [1.29, 1.82) is 0 Å². The van der Waals surface area contributed by atoms with Crippen molar-refractivity contribution in [1.82, 2.24) is 4.57 Å². The van der Waals surface area contributed by atoms with Crippen LogP contribution in [0.3, 0.4) is 0 Å². The summed E-state index contributed by atoms with van der Waals surface area (Å²) in [4.78, 5) is 27.1. The van der Waals surface area contributed by atoms with Gasteiger partial charge in [-0.1, -0.05) is 71.9 Å². The molecule has 0 aliphatic heterocycles. The van der Waals surface area contributed by atoms with Gasteiger partial charge in [-0.2, -0.15) is 0 Å². The number of hydrogen-bond acceptors (Lipinski definition) is 5. The summed E-state index contributed by atoms with van der Waals surface area (Å²) in [6, 6.07) is 26.8. The Morgan fingerprint density at radius 1 is 0.848 bits per heavy atom. The van der Waals surface area contributed by atoms with E-state index in [0.717, 1.165) is 17.3 Å². The highest BCUT2D eigenvalue weighted by Gasteiger charge is 2.22. The highest BCUT2D eigenvalue weighted by molar-refractivity contribution is 7.99. The molecule has 3 aromatic carbocycles. The third-order valence-corrected chi connectivity index (χ3v) is 6.45. The molecule has 162 valence electrons. The van der Waals surface area contributed by atoms with Crippen LogP contribution in [0.2, 0.25) is 5.02 Å². The molecule has 0 saturated carbocycles. The van der Waals surface area contributed by atoms with Gasteiger partial charge < -0.3 is 9.52 Å². The zero-order valence-electron chi connectivity index (χ0n) is 17.1. The number of nitrogens with zero attached hydrogens (tertiary/aromatic N) is 1. The van der Waals surface area contributed by atoms with Gasteiger partial charge in [0.05, 0.1) is 5.69 Å². The standard InChI is InChI=1S/C26H16ClNO4S/c27-17-11-13-19(14-12-17)33-24-23(29)22-21(32-26(24)31)15-20(16-7-3-1-4-8-16)28(25(22)30)18-9-5-2-6-10-18/h1-15,29H. The second kappa shape index (κ2) is 8.65. The third kappa shape index (κ3) is 3.95. The lowest BCUT2D eigenvalue weighted by Crippen LogP contribution is -2.21. The predicted molar refractivity (Wildman–Crippen MR) is 131 cm³/mol. The molecule has 7 heteroatoms. The number of hydrogen-bond donors (Lipinski definition) is 1. The summed E-state index contributed by atoms with van der Waals surface area (Å²) < 4.78 is 7.04. The average molecular weight is 474 g/mol. The number of aromatic hydroxyl groups is 1. The zero-order valence-corrected chi connectivity index (χ0v) is 18.6. The van der Waals surface area contributed by atoms with Gasteiger partial charge in [0.2, 0.25) is 0 Å². The molecule has 0 aliphatic carbocycles. The summed E-state index contributed by atoms with van der Waals surface area (Å²) in [5.41, 5.74) is 0.740. The fourth-order valence-electron chi connectivity index (χ4n) is 3.61. The zero-order chi connectivity index (χ0) is 22.9. The molecule has 0 spiro atoms. The molecule has 0 aliphatic rings. The Balaban J connectivity index is 1.80. The molecule has 5 nitrogen and oxygen atoms in total. The van der Waals surface area contributed by atoms with Crippen LogP contribution in [0.5, 0.6) is 5.75 Å². The van der Waals surface area contributed by atoms with Gasteiger partial charge >= 0.3 is 5.63 Å². The first-order valence-electron chi connectivity index (χ1n) is 10.0. The van der Waals surface area contributed by atoms with Gasteiger partial charge in [0.1, 0.15) is 15.9 Å². The number of aromatic nitrogens is 1. The molecule has 0 atom stereocenters. The van der Waals surface area contributed by atoms with Crippen LogP contribution in [-0.2, 0) is 0 Å².